The first-order chi connectivity index (χ1) is 8.11. The van der Waals surface area contributed by atoms with E-state index in [0.29, 0.717) is 0 Å². The van der Waals surface area contributed by atoms with Crippen molar-refractivity contribution in [3.63, 3.8) is 0 Å². The molecular weight excluding hydrogens is 240 g/mol. The van der Waals surface area contributed by atoms with Gasteiger partial charge in [-0.05, 0) is 27.7 Å². The van der Waals surface area contributed by atoms with Crippen molar-refractivity contribution in [3.8, 4) is 0 Å². The lowest BCUT2D eigenvalue weighted by molar-refractivity contribution is -0.124. The van der Waals surface area contributed by atoms with E-state index in [0.717, 1.165) is 0 Å². The molecule has 0 aliphatic rings. The minimum absolute atomic E-state index is 0.185. The molecule has 18 heavy (non-hydrogen) atoms. The van der Waals surface area contributed by atoms with Crippen LogP contribution in [0.3, 0.4) is 0 Å². The molecule has 4 N–H and O–H groups in total. The molecule has 0 saturated carbocycles. The van der Waals surface area contributed by atoms with Gasteiger partial charge in [-0.3, -0.25) is 9.59 Å². The molecule has 0 aromatic carbocycles. The van der Waals surface area contributed by atoms with E-state index in [4.69, 9.17) is 20.4 Å². The second kappa shape index (κ2) is 21.5. The van der Waals surface area contributed by atoms with Gasteiger partial charge < -0.3 is 20.4 Å². The van der Waals surface area contributed by atoms with Crippen molar-refractivity contribution in [1.82, 2.24) is 0 Å². The largest absolute Gasteiger partial charge is 0.386 e. The zero-order chi connectivity index (χ0) is 15.7. The van der Waals surface area contributed by atoms with Gasteiger partial charge in [0, 0.05) is 0 Å². The fourth-order valence-electron chi connectivity index (χ4n) is 0. The Morgan fingerprint density at radius 3 is 0.944 bits per heavy atom. The van der Waals surface area contributed by atoms with Gasteiger partial charge in [-0.25, -0.2) is 0 Å². The Balaban J connectivity index is -0.0000000770. The van der Waals surface area contributed by atoms with Crippen molar-refractivity contribution in [2.45, 2.75) is 60.2 Å². The van der Waals surface area contributed by atoms with Crippen LogP contribution in [0.2, 0.25) is 0 Å². The topological polar surface area (TPSA) is 115 Å². The summed E-state index contributed by atoms with van der Waals surface area (Å²) in [5.41, 5.74) is 0. The molecular formula is C12H28O6. The van der Waals surface area contributed by atoms with Gasteiger partial charge in [0.2, 0.25) is 0 Å². The molecule has 0 radical (unpaired) electrons. The van der Waals surface area contributed by atoms with Crippen LogP contribution in [-0.4, -0.2) is 51.0 Å². The van der Waals surface area contributed by atoms with Crippen molar-refractivity contribution in [2.75, 3.05) is 6.79 Å². The molecule has 0 heterocycles. The Kier molecular flexibility index (Phi) is 30.9. The van der Waals surface area contributed by atoms with Crippen molar-refractivity contribution in [1.29, 1.82) is 0 Å². The molecule has 6 nitrogen and oxygen atoms in total. The standard InChI is InChI=1S/2C4H8O2.C3H8.CH4O2/c2*1-3(5)4(2)6;1-3-2;2-1-3/h2*3,5H,1-2H3;3H2,1-2H3;2-3H,1H2. The van der Waals surface area contributed by atoms with Gasteiger partial charge in [0.15, 0.2) is 11.6 Å². The van der Waals surface area contributed by atoms with E-state index in [1.807, 2.05) is 0 Å². The highest BCUT2D eigenvalue weighted by atomic mass is 16.5. The van der Waals surface area contributed by atoms with E-state index in [9.17, 15) is 9.59 Å². The van der Waals surface area contributed by atoms with Gasteiger partial charge in [0.1, 0.15) is 19.0 Å². The third-order valence-corrected chi connectivity index (χ3v) is 1.18. The summed E-state index contributed by atoms with van der Waals surface area (Å²) in [6.07, 6.45) is -0.324. The lowest BCUT2D eigenvalue weighted by Gasteiger charge is -1.90. The lowest BCUT2D eigenvalue weighted by atomic mass is 10.3. The summed E-state index contributed by atoms with van der Waals surface area (Å²) in [5.74, 6) is -0.370. The average Bonchev–Trinajstić information content (AvgIpc) is 2.20. The predicted molar refractivity (Wildman–Crippen MR) is 70.0 cm³/mol. The molecule has 6 heteroatoms. The summed E-state index contributed by atoms with van der Waals surface area (Å²) < 4.78 is 0. The third-order valence-electron chi connectivity index (χ3n) is 1.18. The Morgan fingerprint density at radius 2 is 0.944 bits per heavy atom. The van der Waals surface area contributed by atoms with Crippen LogP contribution in [0.25, 0.3) is 0 Å². The first-order valence-corrected chi connectivity index (χ1v) is 5.70. The van der Waals surface area contributed by atoms with E-state index in [1.165, 1.54) is 34.1 Å². The summed E-state index contributed by atoms with van der Waals surface area (Å²) in [4.78, 5) is 19.8. The van der Waals surface area contributed by atoms with Gasteiger partial charge >= 0.3 is 0 Å². The minimum Gasteiger partial charge on any atom is -0.386 e. The first-order valence-electron chi connectivity index (χ1n) is 5.70. The van der Waals surface area contributed by atoms with Gasteiger partial charge in [-0.15, -0.1) is 0 Å². The number of aliphatic hydroxyl groups excluding tert-OH is 3. The summed E-state index contributed by atoms with van der Waals surface area (Å²) in [5, 5.41) is 30.8. The van der Waals surface area contributed by atoms with Crippen molar-refractivity contribution in [2.24, 2.45) is 0 Å². The van der Waals surface area contributed by atoms with E-state index in [1.54, 1.807) is 0 Å². The van der Waals surface area contributed by atoms with Gasteiger partial charge in [-0.1, -0.05) is 20.3 Å². The number of aliphatic hydroxyl groups is 4. The molecule has 0 aliphatic heterocycles. The summed E-state index contributed by atoms with van der Waals surface area (Å²) in [6, 6.07) is 0. The van der Waals surface area contributed by atoms with Crippen LogP contribution in [0.15, 0.2) is 0 Å². The van der Waals surface area contributed by atoms with Crippen molar-refractivity contribution >= 4 is 11.6 Å². The van der Waals surface area contributed by atoms with E-state index in [2.05, 4.69) is 13.8 Å². The van der Waals surface area contributed by atoms with E-state index >= 15 is 0 Å². The zero-order valence-electron chi connectivity index (χ0n) is 12.2. The summed E-state index contributed by atoms with van der Waals surface area (Å²) in [6.45, 7) is 9.10. The molecule has 0 rings (SSSR count). The maximum Gasteiger partial charge on any atom is 0.157 e. The zero-order valence-corrected chi connectivity index (χ0v) is 12.2. The lowest BCUT2D eigenvalue weighted by Crippen LogP contribution is -2.10. The summed E-state index contributed by atoms with van der Waals surface area (Å²) >= 11 is 0. The monoisotopic (exact) mass is 268 g/mol. The molecule has 0 aromatic heterocycles. The normalized spacial score (nSPS) is 11.2. The quantitative estimate of drug-likeness (QED) is 0.534. The first kappa shape index (κ1) is 25.9. The van der Waals surface area contributed by atoms with Crippen LogP contribution in [-0.2, 0) is 9.59 Å². The number of hydrogen-bond acceptors (Lipinski definition) is 6. The van der Waals surface area contributed by atoms with Crippen LogP contribution < -0.4 is 0 Å². The van der Waals surface area contributed by atoms with Crippen LogP contribution in [0, 0.1) is 0 Å². The number of hydrogen-bond donors (Lipinski definition) is 4. The van der Waals surface area contributed by atoms with Crippen LogP contribution in [0.5, 0.6) is 0 Å². The third kappa shape index (κ3) is 59.2. The maximum absolute atomic E-state index is 9.89. The Labute approximate surface area is 109 Å². The van der Waals surface area contributed by atoms with Crippen molar-refractivity contribution < 1.29 is 30.0 Å². The maximum atomic E-state index is 9.89. The van der Waals surface area contributed by atoms with Crippen LogP contribution in [0.1, 0.15) is 48.0 Å². The van der Waals surface area contributed by atoms with Crippen LogP contribution in [0.4, 0.5) is 0 Å². The number of carbonyl (C=O) groups is 2. The smallest absolute Gasteiger partial charge is 0.157 e. The number of Topliss-reactive ketones (excluding diaryl/α,β-unsaturated/α-hetero) is 2. The van der Waals surface area contributed by atoms with Gasteiger partial charge in [-0.2, -0.15) is 0 Å². The Bertz CT molecular complexity index is 157. The van der Waals surface area contributed by atoms with Gasteiger partial charge in [0.05, 0.1) is 0 Å². The molecule has 0 aliphatic carbocycles. The molecule has 2 atom stereocenters. The fourth-order valence-corrected chi connectivity index (χ4v) is 0. The Morgan fingerprint density at radius 1 is 0.889 bits per heavy atom. The van der Waals surface area contributed by atoms with Gasteiger partial charge in [0.25, 0.3) is 0 Å². The molecule has 112 valence electrons. The second-order valence-corrected chi connectivity index (χ2v) is 3.42. The number of ketones is 2. The van der Waals surface area contributed by atoms with E-state index < -0.39 is 19.0 Å². The summed E-state index contributed by atoms with van der Waals surface area (Å²) in [7, 11) is 0. The molecule has 0 amide bonds. The second-order valence-electron chi connectivity index (χ2n) is 3.42. The molecule has 2 unspecified atom stereocenters. The number of rotatable bonds is 2. The highest BCUT2D eigenvalue weighted by Gasteiger charge is 1.97. The fraction of sp³-hybridized carbons (Fsp3) is 0.833. The Hall–Kier alpha value is -0.820. The molecule has 0 saturated heterocycles. The highest BCUT2D eigenvalue weighted by molar-refractivity contribution is 5.79. The van der Waals surface area contributed by atoms with Crippen molar-refractivity contribution in [3.05, 3.63) is 0 Å². The number of carbonyl (C=O) groups excluding carboxylic acids is 2. The predicted octanol–water partition coefficient (Wildman–Crippen LogP) is 0.257. The molecule has 0 spiro atoms. The molecule has 0 bridgehead atoms. The highest BCUT2D eigenvalue weighted by Crippen LogP contribution is 1.77. The minimum atomic E-state index is -0.787. The van der Waals surface area contributed by atoms with Crippen LogP contribution >= 0.6 is 0 Å². The molecule has 0 aromatic rings. The SMILES string of the molecule is CC(=O)C(C)O.CC(=O)C(C)O.CCC.OCO. The van der Waals surface area contributed by atoms with E-state index in [-0.39, 0.29) is 11.6 Å². The average molecular weight is 268 g/mol. The molecule has 0 fully saturated rings.